The highest BCUT2D eigenvalue weighted by atomic mass is 16.5. The highest BCUT2D eigenvalue weighted by Gasteiger charge is 2.03. The minimum Gasteiger partial charge on any atom is -0.494 e. The largest absolute Gasteiger partial charge is 0.494 e. The van der Waals surface area contributed by atoms with Crippen LogP contribution in [0.1, 0.15) is 42.6 Å². The lowest BCUT2D eigenvalue weighted by Gasteiger charge is -2.09. The van der Waals surface area contributed by atoms with Gasteiger partial charge in [0.05, 0.1) is 6.61 Å². The number of rotatable bonds is 6. The second-order valence-corrected chi connectivity index (χ2v) is 3.76. The maximum atomic E-state index is 11.2. The van der Waals surface area contributed by atoms with Crippen LogP contribution in [-0.2, 0) is 4.74 Å². The first-order valence-corrected chi connectivity index (χ1v) is 5.58. The van der Waals surface area contributed by atoms with Crippen molar-refractivity contribution in [1.82, 2.24) is 0 Å². The molecule has 0 aliphatic rings. The SMILES string of the molecule is C=C(OCCCC)c1cccc(C(C)=O)c1. The summed E-state index contributed by atoms with van der Waals surface area (Å²) in [7, 11) is 0. The topological polar surface area (TPSA) is 26.3 Å². The molecule has 0 amide bonds. The van der Waals surface area contributed by atoms with Crippen LogP contribution in [0.5, 0.6) is 0 Å². The van der Waals surface area contributed by atoms with Crippen molar-refractivity contribution in [3.05, 3.63) is 42.0 Å². The molecule has 0 radical (unpaired) electrons. The van der Waals surface area contributed by atoms with Crippen LogP contribution in [0.2, 0.25) is 0 Å². The van der Waals surface area contributed by atoms with Gasteiger partial charge in [-0.1, -0.05) is 38.1 Å². The van der Waals surface area contributed by atoms with E-state index >= 15 is 0 Å². The molecule has 0 saturated carbocycles. The van der Waals surface area contributed by atoms with Crippen molar-refractivity contribution in [3.8, 4) is 0 Å². The molecule has 0 aliphatic heterocycles. The molecule has 0 aromatic heterocycles. The zero-order chi connectivity index (χ0) is 12.0. The Balaban J connectivity index is 2.68. The number of ether oxygens (including phenoxy) is 1. The van der Waals surface area contributed by atoms with Crippen molar-refractivity contribution < 1.29 is 9.53 Å². The van der Waals surface area contributed by atoms with Crippen LogP contribution in [0, 0.1) is 0 Å². The zero-order valence-corrected chi connectivity index (χ0v) is 9.95. The molecule has 0 spiro atoms. The quantitative estimate of drug-likeness (QED) is 0.413. The van der Waals surface area contributed by atoms with E-state index in [2.05, 4.69) is 13.5 Å². The molecule has 0 aliphatic carbocycles. The van der Waals surface area contributed by atoms with Gasteiger partial charge in [-0.05, 0) is 19.4 Å². The minimum atomic E-state index is 0.0585. The summed E-state index contributed by atoms with van der Waals surface area (Å²) in [6.07, 6.45) is 2.12. The molecule has 86 valence electrons. The number of ketones is 1. The van der Waals surface area contributed by atoms with Crippen molar-refractivity contribution in [1.29, 1.82) is 0 Å². The van der Waals surface area contributed by atoms with E-state index in [0.717, 1.165) is 18.4 Å². The van der Waals surface area contributed by atoms with Crippen LogP contribution in [0.25, 0.3) is 5.76 Å². The summed E-state index contributed by atoms with van der Waals surface area (Å²) in [4.78, 5) is 11.2. The van der Waals surface area contributed by atoms with Gasteiger partial charge in [0.15, 0.2) is 5.78 Å². The van der Waals surface area contributed by atoms with E-state index in [4.69, 9.17) is 4.74 Å². The Kier molecular flexibility index (Phi) is 4.77. The molecular formula is C14H18O2. The molecule has 1 aromatic rings. The van der Waals surface area contributed by atoms with Gasteiger partial charge in [0.1, 0.15) is 5.76 Å². The monoisotopic (exact) mass is 218 g/mol. The number of hydrogen-bond donors (Lipinski definition) is 0. The fourth-order valence-electron chi connectivity index (χ4n) is 1.33. The molecule has 0 N–H and O–H groups in total. The van der Waals surface area contributed by atoms with Crippen LogP contribution < -0.4 is 0 Å². The van der Waals surface area contributed by atoms with E-state index in [1.807, 2.05) is 18.2 Å². The summed E-state index contributed by atoms with van der Waals surface area (Å²) in [6, 6.07) is 7.36. The molecule has 0 heterocycles. The molecule has 0 fully saturated rings. The average Bonchev–Trinajstić information content (AvgIpc) is 2.29. The number of hydrogen-bond acceptors (Lipinski definition) is 2. The maximum Gasteiger partial charge on any atom is 0.159 e. The number of carbonyl (C=O) groups is 1. The minimum absolute atomic E-state index is 0.0585. The van der Waals surface area contributed by atoms with Crippen LogP contribution in [-0.4, -0.2) is 12.4 Å². The number of benzene rings is 1. The summed E-state index contributed by atoms with van der Waals surface area (Å²) < 4.78 is 5.50. The van der Waals surface area contributed by atoms with E-state index < -0.39 is 0 Å². The summed E-state index contributed by atoms with van der Waals surface area (Å²) in [6.45, 7) is 8.21. The summed E-state index contributed by atoms with van der Waals surface area (Å²) in [5.74, 6) is 0.694. The third-order valence-corrected chi connectivity index (χ3v) is 2.37. The normalized spacial score (nSPS) is 9.88. The van der Waals surface area contributed by atoms with Crippen LogP contribution >= 0.6 is 0 Å². The summed E-state index contributed by atoms with van der Waals surface area (Å²) >= 11 is 0. The molecule has 2 heteroatoms. The number of unbranched alkanes of at least 4 members (excludes halogenated alkanes) is 1. The molecule has 0 saturated heterocycles. The lowest BCUT2D eigenvalue weighted by Crippen LogP contribution is -1.96. The van der Waals surface area contributed by atoms with Gasteiger partial charge < -0.3 is 4.74 Å². The number of carbonyl (C=O) groups excluding carboxylic acids is 1. The van der Waals surface area contributed by atoms with E-state index in [9.17, 15) is 4.79 Å². The Hall–Kier alpha value is -1.57. The van der Waals surface area contributed by atoms with Gasteiger partial charge in [-0.3, -0.25) is 4.79 Å². The highest BCUT2D eigenvalue weighted by Crippen LogP contribution is 2.16. The average molecular weight is 218 g/mol. The fourth-order valence-corrected chi connectivity index (χ4v) is 1.33. The van der Waals surface area contributed by atoms with Gasteiger partial charge in [-0.2, -0.15) is 0 Å². The Morgan fingerprint density at radius 1 is 1.38 bits per heavy atom. The second-order valence-electron chi connectivity index (χ2n) is 3.76. The van der Waals surface area contributed by atoms with E-state index in [-0.39, 0.29) is 5.78 Å². The van der Waals surface area contributed by atoms with Gasteiger partial charge in [0, 0.05) is 11.1 Å². The predicted molar refractivity (Wildman–Crippen MR) is 66.3 cm³/mol. The van der Waals surface area contributed by atoms with Crippen molar-refractivity contribution in [2.75, 3.05) is 6.61 Å². The van der Waals surface area contributed by atoms with Crippen LogP contribution in [0.4, 0.5) is 0 Å². The highest BCUT2D eigenvalue weighted by molar-refractivity contribution is 5.94. The summed E-state index contributed by atoms with van der Waals surface area (Å²) in [5.41, 5.74) is 1.57. The third-order valence-electron chi connectivity index (χ3n) is 2.37. The number of Topliss-reactive ketones (excluding diaryl/α,β-unsaturated/α-hetero) is 1. The van der Waals surface area contributed by atoms with Crippen molar-refractivity contribution in [2.45, 2.75) is 26.7 Å². The molecule has 0 bridgehead atoms. The Morgan fingerprint density at radius 2 is 2.06 bits per heavy atom. The van der Waals surface area contributed by atoms with Gasteiger partial charge in [-0.25, -0.2) is 0 Å². The van der Waals surface area contributed by atoms with Crippen molar-refractivity contribution in [2.24, 2.45) is 0 Å². The molecule has 1 aromatic carbocycles. The second kappa shape index (κ2) is 6.11. The van der Waals surface area contributed by atoms with E-state index in [1.165, 1.54) is 0 Å². The molecule has 0 atom stereocenters. The molecule has 2 nitrogen and oxygen atoms in total. The molecule has 1 rings (SSSR count). The van der Waals surface area contributed by atoms with Crippen molar-refractivity contribution >= 4 is 11.5 Å². The Labute approximate surface area is 96.9 Å². The van der Waals surface area contributed by atoms with Crippen LogP contribution in [0.15, 0.2) is 30.8 Å². The lowest BCUT2D eigenvalue weighted by atomic mass is 10.1. The fraction of sp³-hybridized carbons (Fsp3) is 0.357. The third kappa shape index (κ3) is 3.54. The van der Waals surface area contributed by atoms with E-state index in [0.29, 0.717) is 17.9 Å². The standard InChI is InChI=1S/C14H18O2/c1-4-5-9-16-12(3)14-8-6-7-13(10-14)11(2)15/h6-8,10H,3-5,9H2,1-2H3. The molecule has 0 unspecified atom stereocenters. The first-order chi connectivity index (χ1) is 7.65. The lowest BCUT2D eigenvalue weighted by molar-refractivity contribution is 0.101. The molecule has 16 heavy (non-hydrogen) atoms. The first-order valence-electron chi connectivity index (χ1n) is 5.58. The Morgan fingerprint density at radius 3 is 2.69 bits per heavy atom. The predicted octanol–water partition coefficient (Wildman–Crippen LogP) is 3.68. The molecular weight excluding hydrogens is 200 g/mol. The van der Waals surface area contributed by atoms with Gasteiger partial charge in [0.2, 0.25) is 0 Å². The Bertz CT molecular complexity index is 380. The summed E-state index contributed by atoms with van der Waals surface area (Å²) in [5, 5.41) is 0. The van der Waals surface area contributed by atoms with Crippen molar-refractivity contribution in [3.63, 3.8) is 0 Å². The maximum absolute atomic E-state index is 11.2. The first kappa shape index (κ1) is 12.5. The smallest absolute Gasteiger partial charge is 0.159 e. The van der Waals surface area contributed by atoms with Gasteiger partial charge >= 0.3 is 0 Å². The van der Waals surface area contributed by atoms with Gasteiger partial charge in [-0.15, -0.1) is 0 Å². The van der Waals surface area contributed by atoms with E-state index in [1.54, 1.807) is 13.0 Å². The zero-order valence-electron chi connectivity index (χ0n) is 9.95. The van der Waals surface area contributed by atoms with Gasteiger partial charge in [0.25, 0.3) is 0 Å². The van der Waals surface area contributed by atoms with Crippen LogP contribution in [0.3, 0.4) is 0 Å².